The van der Waals surface area contributed by atoms with E-state index in [0.717, 1.165) is 24.3 Å². The molecule has 0 radical (unpaired) electrons. The molecule has 3 aromatic rings. The van der Waals surface area contributed by atoms with Gasteiger partial charge in [0.1, 0.15) is 17.7 Å². The Balaban J connectivity index is 1.72. The van der Waals surface area contributed by atoms with Crippen molar-refractivity contribution in [3.8, 4) is 11.3 Å². The van der Waals surface area contributed by atoms with Crippen molar-refractivity contribution in [2.24, 2.45) is 0 Å². The van der Waals surface area contributed by atoms with Gasteiger partial charge in [0.2, 0.25) is 0 Å². The Bertz CT molecular complexity index is 921. The van der Waals surface area contributed by atoms with E-state index in [0.29, 0.717) is 23.9 Å². The smallest absolute Gasteiger partial charge is 0.161 e. The molecule has 1 aliphatic rings. The highest BCUT2D eigenvalue weighted by Gasteiger charge is 2.23. The van der Waals surface area contributed by atoms with E-state index in [1.165, 1.54) is 12.1 Å². The number of hydrogen-bond donors (Lipinski definition) is 1. The maximum Gasteiger partial charge on any atom is 0.161 e. The molecule has 27 heavy (non-hydrogen) atoms. The normalized spacial score (nSPS) is 17.6. The van der Waals surface area contributed by atoms with E-state index in [9.17, 15) is 4.39 Å². The van der Waals surface area contributed by atoms with Crippen LogP contribution in [0.4, 0.5) is 15.9 Å². The van der Waals surface area contributed by atoms with Crippen molar-refractivity contribution >= 4 is 11.5 Å². The maximum absolute atomic E-state index is 13.5. The first kappa shape index (κ1) is 17.5. The summed E-state index contributed by atoms with van der Waals surface area (Å²) in [5, 5.41) is 3.16. The molecule has 1 aliphatic heterocycles. The van der Waals surface area contributed by atoms with Crippen LogP contribution in [0, 0.1) is 5.82 Å². The van der Waals surface area contributed by atoms with Gasteiger partial charge < -0.3 is 15.0 Å². The van der Waals surface area contributed by atoms with Crippen molar-refractivity contribution < 1.29 is 9.13 Å². The Morgan fingerprint density at radius 3 is 2.89 bits per heavy atom. The first-order chi connectivity index (χ1) is 13.2. The zero-order valence-electron chi connectivity index (χ0n) is 15.0. The summed E-state index contributed by atoms with van der Waals surface area (Å²) in [5.41, 5.74) is 2.25. The van der Waals surface area contributed by atoms with Gasteiger partial charge in [-0.3, -0.25) is 4.98 Å². The van der Waals surface area contributed by atoms with E-state index >= 15 is 0 Å². The second-order valence-corrected chi connectivity index (χ2v) is 6.50. The van der Waals surface area contributed by atoms with Gasteiger partial charge >= 0.3 is 0 Å². The molecule has 2 aromatic heterocycles. The maximum atomic E-state index is 13.5. The van der Waals surface area contributed by atoms with Crippen LogP contribution in [0.5, 0.6) is 0 Å². The fourth-order valence-electron chi connectivity index (χ4n) is 2.98. The number of anilines is 2. The van der Waals surface area contributed by atoms with E-state index in [1.807, 2.05) is 25.2 Å². The minimum atomic E-state index is -0.306. The first-order valence-electron chi connectivity index (χ1n) is 8.79. The highest BCUT2D eigenvalue weighted by molar-refractivity contribution is 5.65. The average Bonchev–Trinajstić information content (AvgIpc) is 2.68. The van der Waals surface area contributed by atoms with E-state index in [1.54, 1.807) is 24.5 Å². The lowest BCUT2D eigenvalue weighted by Crippen LogP contribution is -2.36. The summed E-state index contributed by atoms with van der Waals surface area (Å²) >= 11 is 0. The molecule has 6 nitrogen and oxygen atoms in total. The van der Waals surface area contributed by atoms with Crippen molar-refractivity contribution in [2.75, 3.05) is 32.1 Å². The van der Waals surface area contributed by atoms with Crippen LogP contribution in [0.2, 0.25) is 0 Å². The standard InChI is InChI=1S/C20H20FN5O/c1-26-8-9-27-18(13-26)20-24-17(14-4-3-7-22-12-14)11-19(25-20)23-16-6-2-5-15(21)10-16/h2-7,10-12,18H,8-9,13H2,1H3,(H,23,24,25). The van der Waals surface area contributed by atoms with Gasteiger partial charge in [0, 0.05) is 42.8 Å². The van der Waals surface area contributed by atoms with Crippen molar-refractivity contribution in [3.63, 3.8) is 0 Å². The average molecular weight is 365 g/mol. The van der Waals surface area contributed by atoms with Gasteiger partial charge in [-0.2, -0.15) is 0 Å². The predicted octanol–water partition coefficient (Wildman–Crippen LogP) is 3.42. The zero-order valence-corrected chi connectivity index (χ0v) is 15.0. The van der Waals surface area contributed by atoms with Crippen LogP contribution in [-0.2, 0) is 4.74 Å². The summed E-state index contributed by atoms with van der Waals surface area (Å²) < 4.78 is 19.4. The van der Waals surface area contributed by atoms with Gasteiger partial charge in [-0.1, -0.05) is 6.07 Å². The first-order valence-corrected chi connectivity index (χ1v) is 8.79. The largest absolute Gasteiger partial charge is 0.368 e. The Labute approximate surface area is 157 Å². The number of pyridine rings is 1. The van der Waals surface area contributed by atoms with Crippen molar-refractivity contribution in [1.29, 1.82) is 0 Å². The SMILES string of the molecule is CN1CCOC(c2nc(Nc3cccc(F)c3)cc(-c3cccnc3)n2)C1. The second kappa shape index (κ2) is 7.77. The number of nitrogens with one attached hydrogen (secondary N) is 1. The van der Waals surface area contributed by atoms with Gasteiger partial charge in [-0.15, -0.1) is 0 Å². The van der Waals surface area contributed by atoms with E-state index in [-0.39, 0.29) is 11.9 Å². The summed E-state index contributed by atoms with van der Waals surface area (Å²) in [6.45, 7) is 2.23. The molecule has 0 spiro atoms. The third-order valence-electron chi connectivity index (χ3n) is 4.36. The Kier molecular flexibility index (Phi) is 5.04. The van der Waals surface area contributed by atoms with E-state index in [4.69, 9.17) is 9.72 Å². The molecule has 0 amide bonds. The number of ether oxygens (including phenoxy) is 1. The van der Waals surface area contributed by atoms with Gasteiger partial charge in [0.05, 0.1) is 12.3 Å². The van der Waals surface area contributed by atoms with Gasteiger partial charge in [-0.05, 0) is 37.4 Å². The highest BCUT2D eigenvalue weighted by atomic mass is 19.1. The van der Waals surface area contributed by atoms with Crippen molar-refractivity contribution in [2.45, 2.75) is 6.10 Å². The molecule has 0 bridgehead atoms. The molecule has 1 saturated heterocycles. The summed E-state index contributed by atoms with van der Waals surface area (Å²) in [6.07, 6.45) is 3.26. The summed E-state index contributed by atoms with van der Waals surface area (Å²) in [5.74, 6) is 0.877. The minimum absolute atomic E-state index is 0.214. The zero-order chi connectivity index (χ0) is 18.6. The Morgan fingerprint density at radius 1 is 1.19 bits per heavy atom. The monoisotopic (exact) mass is 365 g/mol. The lowest BCUT2D eigenvalue weighted by Gasteiger charge is -2.29. The molecule has 7 heteroatoms. The molecule has 3 heterocycles. The molecule has 1 atom stereocenters. The third kappa shape index (κ3) is 4.27. The number of halogens is 1. The highest BCUT2D eigenvalue weighted by Crippen LogP contribution is 2.26. The molecule has 1 aromatic carbocycles. The summed E-state index contributed by atoms with van der Waals surface area (Å²) in [7, 11) is 2.05. The van der Waals surface area contributed by atoms with Gasteiger partial charge in [-0.25, -0.2) is 14.4 Å². The fraction of sp³-hybridized carbons (Fsp3) is 0.250. The van der Waals surface area contributed by atoms with Crippen molar-refractivity contribution in [1.82, 2.24) is 19.9 Å². The van der Waals surface area contributed by atoms with Gasteiger partial charge in [0.15, 0.2) is 5.82 Å². The quantitative estimate of drug-likeness (QED) is 0.764. The number of rotatable bonds is 4. The summed E-state index contributed by atoms with van der Waals surface area (Å²) in [6, 6.07) is 11.9. The van der Waals surface area contributed by atoms with Crippen LogP contribution in [0.3, 0.4) is 0 Å². The van der Waals surface area contributed by atoms with Crippen LogP contribution in [0.1, 0.15) is 11.9 Å². The predicted molar refractivity (Wildman–Crippen MR) is 101 cm³/mol. The molecular weight excluding hydrogens is 345 g/mol. The molecule has 1 N–H and O–H groups in total. The van der Waals surface area contributed by atoms with Crippen LogP contribution in [0.25, 0.3) is 11.3 Å². The number of nitrogens with zero attached hydrogens (tertiary/aromatic N) is 4. The molecule has 1 unspecified atom stereocenters. The molecule has 0 aliphatic carbocycles. The molecule has 1 fully saturated rings. The van der Waals surface area contributed by atoms with E-state index < -0.39 is 0 Å². The molecule has 138 valence electrons. The Hall–Kier alpha value is -2.90. The number of benzene rings is 1. The minimum Gasteiger partial charge on any atom is -0.368 e. The molecule has 4 rings (SSSR count). The van der Waals surface area contributed by atoms with Crippen LogP contribution >= 0.6 is 0 Å². The Morgan fingerprint density at radius 2 is 2.11 bits per heavy atom. The van der Waals surface area contributed by atoms with Crippen LogP contribution in [-0.4, -0.2) is 46.6 Å². The molecular formula is C20H20FN5O. The van der Waals surface area contributed by atoms with Gasteiger partial charge in [0.25, 0.3) is 0 Å². The fourth-order valence-corrected chi connectivity index (χ4v) is 2.98. The summed E-state index contributed by atoms with van der Waals surface area (Å²) in [4.78, 5) is 15.7. The number of hydrogen-bond acceptors (Lipinski definition) is 6. The second-order valence-electron chi connectivity index (χ2n) is 6.50. The molecule has 0 saturated carbocycles. The third-order valence-corrected chi connectivity index (χ3v) is 4.36. The van der Waals surface area contributed by atoms with Crippen LogP contribution < -0.4 is 5.32 Å². The lowest BCUT2D eigenvalue weighted by atomic mass is 10.2. The number of likely N-dealkylation sites (N-methyl/N-ethyl adjacent to an activating group) is 1. The van der Waals surface area contributed by atoms with Crippen LogP contribution in [0.15, 0.2) is 54.9 Å². The number of morpholine rings is 1. The van der Waals surface area contributed by atoms with Crippen molar-refractivity contribution in [3.05, 3.63) is 66.5 Å². The van der Waals surface area contributed by atoms with E-state index in [2.05, 4.69) is 20.2 Å². The lowest BCUT2D eigenvalue weighted by molar-refractivity contribution is -0.0253. The number of aromatic nitrogens is 3. The topological polar surface area (TPSA) is 63.2 Å².